The maximum absolute atomic E-state index is 11.5. The summed E-state index contributed by atoms with van der Waals surface area (Å²) in [6.07, 6.45) is 5.01. The number of benzene rings is 1. The van der Waals surface area contributed by atoms with E-state index in [1.807, 2.05) is 25.1 Å². The SMILES string of the molecule is COc1cc(-c2ncc(C)cn2)cc2c(NCc3cccc(=O)[nH]3)ncnc12. The molecule has 8 nitrogen and oxygen atoms in total. The average Bonchev–Trinajstić information content (AvgIpc) is 2.72. The van der Waals surface area contributed by atoms with Crippen molar-refractivity contribution >= 4 is 16.7 Å². The number of aromatic amines is 1. The minimum absolute atomic E-state index is 0.146. The number of hydrogen-bond acceptors (Lipinski definition) is 7. The molecule has 8 heteroatoms. The largest absolute Gasteiger partial charge is 0.494 e. The number of anilines is 1. The summed E-state index contributed by atoms with van der Waals surface area (Å²) < 4.78 is 5.53. The van der Waals surface area contributed by atoms with E-state index in [1.165, 1.54) is 12.4 Å². The van der Waals surface area contributed by atoms with Gasteiger partial charge in [0.1, 0.15) is 23.4 Å². The molecular weight excluding hydrogens is 356 g/mol. The number of methoxy groups -OCH3 is 1. The second-order valence-corrected chi connectivity index (χ2v) is 6.27. The number of fused-ring (bicyclic) bond motifs is 1. The molecular formula is C20H18N6O2. The van der Waals surface area contributed by atoms with Gasteiger partial charge in [-0.1, -0.05) is 6.07 Å². The van der Waals surface area contributed by atoms with Crippen LogP contribution >= 0.6 is 0 Å². The van der Waals surface area contributed by atoms with Crippen LogP contribution in [-0.2, 0) is 6.54 Å². The van der Waals surface area contributed by atoms with Crippen LogP contribution in [0.3, 0.4) is 0 Å². The number of nitrogens with one attached hydrogen (secondary N) is 2. The summed E-state index contributed by atoms with van der Waals surface area (Å²) in [6.45, 7) is 2.35. The van der Waals surface area contributed by atoms with Crippen LogP contribution in [0.4, 0.5) is 5.82 Å². The van der Waals surface area contributed by atoms with Crippen LogP contribution in [0.2, 0.25) is 0 Å². The quantitative estimate of drug-likeness (QED) is 0.553. The number of aryl methyl sites for hydroxylation is 1. The van der Waals surface area contributed by atoms with E-state index in [1.54, 1.807) is 25.6 Å². The predicted molar refractivity (Wildman–Crippen MR) is 106 cm³/mol. The van der Waals surface area contributed by atoms with Gasteiger partial charge in [0.05, 0.1) is 13.7 Å². The maximum atomic E-state index is 11.5. The molecule has 28 heavy (non-hydrogen) atoms. The van der Waals surface area contributed by atoms with Crippen LogP contribution in [0.25, 0.3) is 22.3 Å². The van der Waals surface area contributed by atoms with Crippen molar-refractivity contribution in [3.63, 3.8) is 0 Å². The summed E-state index contributed by atoms with van der Waals surface area (Å²) in [5.41, 5.74) is 3.07. The van der Waals surface area contributed by atoms with Gasteiger partial charge in [-0.2, -0.15) is 0 Å². The first-order chi connectivity index (χ1) is 13.6. The maximum Gasteiger partial charge on any atom is 0.248 e. The predicted octanol–water partition coefficient (Wildman–Crippen LogP) is 2.70. The van der Waals surface area contributed by atoms with Crippen molar-refractivity contribution in [2.24, 2.45) is 0 Å². The number of hydrogen-bond donors (Lipinski definition) is 2. The van der Waals surface area contributed by atoms with Gasteiger partial charge in [0.15, 0.2) is 5.82 Å². The van der Waals surface area contributed by atoms with Gasteiger partial charge >= 0.3 is 0 Å². The number of aromatic nitrogens is 5. The van der Waals surface area contributed by atoms with Crippen molar-refractivity contribution in [3.8, 4) is 17.1 Å². The Kier molecular flexibility index (Phi) is 4.67. The summed E-state index contributed by atoms with van der Waals surface area (Å²) >= 11 is 0. The molecule has 0 radical (unpaired) electrons. The van der Waals surface area contributed by atoms with Crippen molar-refractivity contribution in [1.82, 2.24) is 24.9 Å². The van der Waals surface area contributed by atoms with E-state index >= 15 is 0 Å². The van der Waals surface area contributed by atoms with Gasteiger partial charge in [-0.25, -0.2) is 19.9 Å². The fourth-order valence-electron chi connectivity index (χ4n) is 2.88. The van der Waals surface area contributed by atoms with Crippen LogP contribution in [0, 0.1) is 6.92 Å². The van der Waals surface area contributed by atoms with E-state index in [-0.39, 0.29) is 5.56 Å². The molecule has 0 aliphatic carbocycles. The normalized spacial score (nSPS) is 10.8. The van der Waals surface area contributed by atoms with Gasteiger partial charge in [-0.3, -0.25) is 4.79 Å². The van der Waals surface area contributed by atoms with Gasteiger partial charge in [0.25, 0.3) is 0 Å². The first kappa shape index (κ1) is 17.6. The van der Waals surface area contributed by atoms with E-state index in [0.717, 1.165) is 22.2 Å². The lowest BCUT2D eigenvalue weighted by Crippen LogP contribution is -2.10. The van der Waals surface area contributed by atoms with Crippen molar-refractivity contribution in [2.45, 2.75) is 13.5 Å². The Labute approximate surface area is 160 Å². The zero-order chi connectivity index (χ0) is 19.5. The molecule has 3 aromatic heterocycles. The summed E-state index contributed by atoms with van der Waals surface area (Å²) in [5, 5.41) is 4.03. The Balaban J connectivity index is 1.77. The topological polar surface area (TPSA) is 106 Å². The molecule has 0 spiro atoms. The summed E-state index contributed by atoms with van der Waals surface area (Å²) in [4.78, 5) is 31.8. The molecule has 0 aliphatic rings. The summed E-state index contributed by atoms with van der Waals surface area (Å²) in [6, 6.07) is 8.81. The molecule has 0 saturated carbocycles. The number of pyridine rings is 1. The molecule has 0 saturated heterocycles. The molecule has 4 rings (SSSR count). The Morgan fingerprint density at radius 1 is 1.11 bits per heavy atom. The third kappa shape index (κ3) is 3.52. The smallest absolute Gasteiger partial charge is 0.248 e. The molecule has 2 N–H and O–H groups in total. The minimum Gasteiger partial charge on any atom is -0.494 e. The van der Waals surface area contributed by atoms with Crippen molar-refractivity contribution < 1.29 is 4.74 Å². The van der Waals surface area contributed by atoms with E-state index < -0.39 is 0 Å². The molecule has 140 valence electrons. The fourth-order valence-corrected chi connectivity index (χ4v) is 2.88. The van der Waals surface area contributed by atoms with Crippen LogP contribution < -0.4 is 15.6 Å². The molecule has 4 aromatic rings. The number of ether oxygens (including phenoxy) is 1. The highest BCUT2D eigenvalue weighted by molar-refractivity contribution is 5.96. The van der Waals surface area contributed by atoms with E-state index in [9.17, 15) is 4.79 Å². The van der Waals surface area contributed by atoms with Crippen LogP contribution in [0.1, 0.15) is 11.3 Å². The molecule has 0 bridgehead atoms. The second-order valence-electron chi connectivity index (χ2n) is 6.27. The van der Waals surface area contributed by atoms with Crippen molar-refractivity contribution in [1.29, 1.82) is 0 Å². The molecule has 1 aromatic carbocycles. The van der Waals surface area contributed by atoms with Gasteiger partial charge in [0, 0.05) is 35.1 Å². The Morgan fingerprint density at radius 3 is 2.68 bits per heavy atom. The zero-order valence-electron chi connectivity index (χ0n) is 15.4. The highest BCUT2D eigenvalue weighted by Crippen LogP contribution is 2.32. The Bertz CT molecular complexity index is 1190. The standard InChI is InChI=1S/C20H18N6O2/c1-12-8-21-19(22-9-12)13-6-15-18(16(7-13)28-2)24-11-25-20(15)23-10-14-4-3-5-17(27)26-14/h3-9,11H,10H2,1-2H3,(H,26,27)(H,23,24,25). The lowest BCUT2D eigenvalue weighted by Gasteiger charge is -2.12. The Hall–Kier alpha value is -3.81. The molecule has 3 heterocycles. The van der Waals surface area contributed by atoms with Gasteiger partial charge in [-0.15, -0.1) is 0 Å². The highest BCUT2D eigenvalue weighted by atomic mass is 16.5. The number of nitrogens with zero attached hydrogens (tertiary/aromatic N) is 4. The summed E-state index contributed by atoms with van der Waals surface area (Å²) in [7, 11) is 1.60. The average molecular weight is 374 g/mol. The highest BCUT2D eigenvalue weighted by Gasteiger charge is 2.13. The molecule has 0 unspecified atom stereocenters. The van der Waals surface area contributed by atoms with E-state index in [4.69, 9.17) is 4.74 Å². The van der Waals surface area contributed by atoms with Crippen molar-refractivity contribution in [2.75, 3.05) is 12.4 Å². The third-order valence-corrected chi connectivity index (χ3v) is 4.24. The van der Waals surface area contributed by atoms with E-state index in [0.29, 0.717) is 29.5 Å². The summed E-state index contributed by atoms with van der Waals surface area (Å²) in [5.74, 6) is 1.82. The second kappa shape index (κ2) is 7.43. The monoisotopic (exact) mass is 374 g/mol. The zero-order valence-corrected chi connectivity index (χ0v) is 15.4. The molecule has 0 atom stereocenters. The van der Waals surface area contributed by atoms with Gasteiger partial charge in [-0.05, 0) is 30.7 Å². The third-order valence-electron chi connectivity index (χ3n) is 4.24. The lowest BCUT2D eigenvalue weighted by molar-refractivity contribution is 0.419. The molecule has 0 aliphatic heterocycles. The first-order valence-corrected chi connectivity index (χ1v) is 8.68. The minimum atomic E-state index is -0.146. The van der Waals surface area contributed by atoms with Crippen LogP contribution in [0.15, 0.2) is 53.8 Å². The van der Waals surface area contributed by atoms with E-state index in [2.05, 4.69) is 30.2 Å². The molecule has 0 fully saturated rings. The van der Waals surface area contributed by atoms with Gasteiger partial charge < -0.3 is 15.0 Å². The van der Waals surface area contributed by atoms with Crippen LogP contribution in [0.5, 0.6) is 5.75 Å². The number of rotatable bonds is 5. The lowest BCUT2D eigenvalue weighted by atomic mass is 10.1. The fraction of sp³-hybridized carbons (Fsp3) is 0.150. The first-order valence-electron chi connectivity index (χ1n) is 8.68. The number of H-pyrrole nitrogens is 1. The molecule has 0 amide bonds. The Morgan fingerprint density at radius 2 is 1.93 bits per heavy atom. The van der Waals surface area contributed by atoms with Gasteiger partial charge in [0.2, 0.25) is 5.56 Å². The van der Waals surface area contributed by atoms with Crippen molar-refractivity contribution in [3.05, 3.63) is 70.7 Å². The van der Waals surface area contributed by atoms with Crippen LogP contribution in [-0.4, -0.2) is 32.0 Å².